The topological polar surface area (TPSA) is 41.1 Å². The first-order valence-corrected chi connectivity index (χ1v) is 7.99. The van der Waals surface area contributed by atoms with E-state index in [0.717, 1.165) is 45.2 Å². The van der Waals surface area contributed by atoms with Crippen molar-refractivity contribution >= 4 is 5.91 Å². The molecule has 0 aromatic heterocycles. The van der Waals surface area contributed by atoms with Gasteiger partial charge >= 0.3 is 0 Å². The van der Waals surface area contributed by atoms with Gasteiger partial charge in [-0.15, -0.1) is 0 Å². The average molecular weight is 290 g/mol. The average Bonchev–Trinajstić information content (AvgIpc) is 3.03. The molecule has 0 unspecified atom stereocenters. The SMILES string of the molecule is O=C(NC1CCC(c2ccc(F)cc2)CC1)[C@@H]1CCNC1. The third kappa shape index (κ3) is 3.62. The summed E-state index contributed by atoms with van der Waals surface area (Å²) in [6.45, 7) is 1.77. The fourth-order valence-electron chi connectivity index (χ4n) is 3.50. The lowest BCUT2D eigenvalue weighted by molar-refractivity contribution is -0.125. The van der Waals surface area contributed by atoms with Crippen LogP contribution >= 0.6 is 0 Å². The fourth-order valence-corrected chi connectivity index (χ4v) is 3.50. The van der Waals surface area contributed by atoms with Crippen LogP contribution in [0.15, 0.2) is 24.3 Å². The van der Waals surface area contributed by atoms with Crippen molar-refractivity contribution in [3.63, 3.8) is 0 Å². The summed E-state index contributed by atoms with van der Waals surface area (Å²) in [4.78, 5) is 12.1. The largest absolute Gasteiger partial charge is 0.353 e. The molecule has 114 valence electrons. The Kier molecular flexibility index (Phi) is 4.54. The predicted octanol–water partition coefficient (Wildman–Crippen LogP) is 2.58. The van der Waals surface area contributed by atoms with Crippen LogP contribution in [0.2, 0.25) is 0 Å². The highest BCUT2D eigenvalue weighted by Gasteiger charge is 2.27. The highest BCUT2D eigenvalue weighted by molar-refractivity contribution is 5.79. The summed E-state index contributed by atoms with van der Waals surface area (Å²) in [6, 6.07) is 7.17. The molecule has 1 saturated heterocycles. The highest BCUT2D eigenvalue weighted by atomic mass is 19.1. The van der Waals surface area contributed by atoms with E-state index in [1.165, 1.54) is 17.7 Å². The van der Waals surface area contributed by atoms with E-state index in [1.807, 2.05) is 12.1 Å². The Labute approximate surface area is 125 Å². The zero-order valence-electron chi connectivity index (χ0n) is 12.3. The summed E-state index contributed by atoms with van der Waals surface area (Å²) in [6.07, 6.45) is 5.14. The molecule has 1 aromatic rings. The van der Waals surface area contributed by atoms with Gasteiger partial charge in [0.05, 0.1) is 5.92 Å². The molecule has 4 heteroatoms. The van der Waals surface area contributed by atoms with Crippen molar-refractivity contribution in [3.05, 3.63) is 35.6 Å². The van der Waals surface area contributed by atoms with Crippen LogP contribution in [0.5, 0.6) is 0 Å². The second kappa shape index (κ2) is 6.56. The standard InChI is InChI=1S/C17H23FN2O/c18-15-5-1-12(2-6-15)13-3-7-16(8-4-13)20-17(21)14-9-10-19-11-14/h1-2,5-6,13-14,16,19H,3-4,7-11H2,(H,20,21)/t13?,14-,16?/m1/s1. The second-order valence-electron chi connectivity index (χ2n) is 6.30. The first-order valence-electron chi connectivity index (χ1n) is 7.99. The lowest BCUT2D eigenvalue weighted by Gasteiger charge is -2.30. The molecule has 1 heterocycles. The summed E-state index contributed by atoms with van der Waals surface area (Å²) < 4.78 is 13.0. The number of halogens is 1. The number of nitrogens with one attached hydrogen (secondary N) is 2. The molecule has 0 radical (unpaired) electrons. The molecule has 1 saturated carbocycles. The molecule has 1 aliphatic carbocycles. The first kappa shape index (κ1) is 14.5. The predicted molar refractivity (Wildman–Crippen MR) is 80.5 cm³/mol. The van der Waals surface area contributed by atoms with Gasteiger partial charge in [-0.3, -0.25) is 4.79 Å². The molecule has 1 amide bonds. The summed E-state index contributed by atoms with van der Waals surface area (Å²) in [7, 11) is 0. The van der Waals surface area contributed by atoms with Crippen molar-refractivity contribution in [2.75, 3.05) is 13.1 Å². The van der Waals surface area contributed by atoms with Gasteiger partial charge in [0.1, 0.15) is 5.82 Å². The molecule has 2 N–H and O–H groups in total. The van der Waals surface area contributed by atoms with E-state index in [-0.39, 0.29) is 17.6 Å². The molecule has 2 aliphatic rings. The monoisotopic (exact) mass is 290 g/mol. The van der Waals surface area contributed by atoms with Gasteiger partial charge in [-0.2, -0.15) is 0 Å². The van der Waals surface area contributed by atoms with E-state index in [1.54, 1.807) is 0 Å². The summed E-state index contributed by atoms with van der Waals surface area (Å²) in [5, 5.41) is 6.44. The minimum Gasteiger partial charge on any atom is -0.353 e. The van der Waals surface area contributed by atoms with Gasteiger partial charge < -0.3 is 10.6 Å². The van der Waals surface area contributed by atoms with Gasteiger partial charge in [-0.05, 0) is 62.3 Å². The molecule has 0 bridgehead atoms. The first-order chi connectivity index (χ1) is 10.2. The zero-order chi connectivity index (χ0) is 14.7. The van der Waals surface area contributed by atoms with Crippen molar-refractivity contribution in [1.82, 2.24) is 10.6 Å². The molecule has 0 spiro atoms. The molecule has 1 atom stereocenters. The lowest BCUT2D eigenvalue weighted by Crippen LogP contribution is -2.41. The molecular weight excluding hydrogens is 267 g/mol. The molecule has 3 nitrogen and oxygen atoms in total. The van der Waals surface area contributed by atoms with Crippen molar-refractivity contribution in [1.29, 1.82) is 0 Å². The van der Waals surface area contributed by atoms with Crippen LogP contribution in [0, 0.1) is 11.7 Å². The smallest absolute Gasteiger partial charge is 0.224 e. The van der Waals surface area contributed by atoms with Gasteiger partial charge in [0.15, 0.2) is 0 Å². The summed E-state index contributed by atoms with van der Waals surface area (Å²) in [5.41, 5.74) is 1.22. The lowest BCUT2D eigenvalue weighted by atomic mass is 9.81. The fraction of sp³-hybridized carbons (Fsp3) is 0.588. The van der Waals surface area contributed by atoms with Gasteiger partial charge in [-0.25, -0.2) is 4.39 Å². The Bertz CT molecular complexity index is 474. The molecular formula is C17H23FN2O. The number of rotatable bonds is 3. The minimum absolute atomic E-state index is 0.153. The van der Waals surface area contributed by atoms with Crippen molar-refractivity contribution in [3.8, 4) is 0 Å². The Morgan fingerprint density at radius 2 is 1.81 bits per heavy atom. The maximum atomic E-state index is 13.0. The quantitative estimate of drug-likeness (QED) is 0.898. The number of carbonyl (C=O) groups excluding carboxylic acids is 1. The van der Waals surface area contributed by atoms with Crippen LogP contribution in [-0.4, -0.2) is 25.0 Å². The highest BCUT2D eigenvalue weighted by Crippen LogP contribution is 2.33. The Balaban J connectivity index is 1.48. The number of hydrogen-bond acceptors (Lipinski definition) is 2. The van der Waals surface area contributed by atoms with Crippen LogP contribution in [-0.2, 0) is 4.79 Å². The normalized spacial score (nSPS) is 29.3. The minimum atomic E-state index is -0.176. The Hall–Kier alpha value is -1.42. The van der Waals surface area contributed by atoms with Crippen LogP contribution < -0.4 is 10.6 Å². The van der Waals surface area contributed by atoms with Crippen molar-refractivity contribution in [2.24, 2.45) is 5.92 Å². The van der Waals surface area contributed by atoms with E-state index >= 15 is 0 Å². The number of amides is 1. The zero-order valence-corrected chi connectivity index (χ0v) is 12.3. The second-order valence-corrected chi connectivity index (χ2v) is 6.30. The van der Waals surface area contributed by atoms with Crippen molar-refractivity contribution < 1.29 is 9.18 Å². The van der Waals surface area contributed by atoms with Gasteiger partial charge in [0, 0.05) is 12.6 Å². The summed E-state index contributed by atoms with van der Waals surface area (Å²) >= 11 is 0. The van der Waals surface area contributed by atoms with E-state index in [4.69, 9.17) is 0 Å². The maximum Gasteiger partial charge on any atom is 0.224 e. The van der Waals surface area contributed by atoms with Crippen molar-refractivity contribution in [2.45, 2.75) is 44.1 Å². The van der Waals surface area contributed by atoms with Crippen LogP contribution in [0.4, 0.5) is 4.39 Å². The Morgan fingerprint density at radius 1 is 1.10 bits per heavy atom. The van der Waals surface area contributed by atoms with E-state index < -0.39 is 0 Å². The van der Waals surface area contributed by atoms with E-state index in [2.05, 4.69) is 10.6 Å². The van der Waals surface area contributed by atoms with Gasteiger partial charge in [0.25, 0.3) is 0 Å². The maximum absolute atomic E-state index is 13.0. The van der Waals surface area contributed by atoms with Crippen LogP contribution in [0.1, 0.15) is 43.6 Å². The molecule has 21 heavy (non-hydrogen) atoms. The molecule has 2 fully saturated rings. The molecule has 3 rings (SSSR count). The number of benzene rings is 1. The van der Waals surface area contributed by atoms with Gasteiger partial charge in [-0.1, -0.05) is 12.1 Å². The number of hydrogen-bond donors (Lipinski definition) is 2. The van der Waals surface area contributed by atoms with E-state index in [9.17, 15) is 9.18 Å². The third-order valence-corrected chi connectivity index (χ3v) is 4.85. The third-order valence-electron chi connectivity index (χ3n) is 4.85. The van der Waals surface area contributed by atoms with Gasteiger partial charge in [0.2, 0.25) is 5.91 Å². The molecule has 1 aromatic carbocycles. The Morgan fingerprint density at radius 3 is 2.43 bits per heavy atom. The van der Waals surface area contributed by atoms with E-state index in [0.29, 0.717) is 12.0 Å². The number of carbonyl (C=O) groups is 1. The molecule has 1 aliphatic heterocycles. The van der Waals surface area contributed by atoms with Crippen LogP contribution in [0.25, 0.3) is 0 Å². The summed E-state index contributed by atoms with van der Waals surface area (Å²) in [5.74, 6) is 0.696. The van der Waals surface area contributed by atoms with Crippen LogP contribution in [0.3, 0.4) is 0 Å².